The molecule has 0 aromatic carbocycles. The third-order valence-electron chi connectivity index (χ3n) is 2.91. The lowest BCUT2D eigenvalue weighted by molar-refractivity contribution is -0.322. The Hall–Kier alpha value is -0.0800. The second-order valence-corrected chi connectivity index (χ2v) is 4.44. The van der Waals surface area contributed by atoms with E-state index in [9.17, 15) is 0 Å². The van der Waals surface area contributed by atoms with E-state index < -0.39 is 0 Å². The first kappa shape index (κ1) is 15.9. The fraction of sp³-hybridized carbons (Fsp3) is 1.00. The van der Waals surface area contributed by atoms with Gasteiger partial charge < -0.3 is 0 Å². The van der Waals surface area contributed by atoms with Gasteiger partial charge in [0.15, 0.2) is 0 Å². The molecule has 0 heterocycles. The molecule has 0 spiro atoms. The smallest absolute Gasteiger partial charge is 0.0927 e. The predicted octanol–water partition coefficient (Wildman–Crippen LogP) is 4.87. The highest BCUT2D eigenvalue weighted by Gasteiger charge is 2.06. The van der Waals surface area contributed by atoms with E-state index in [0.29, 0.717) is 12.7 Å². The third-order valence-corrected chi connectivity index (χ3v) is 2.91. The highest BCUT2D eigenvalue weighted by molar-refractivity contribution is 4.54. The SMILES string of the molecule is CCCCCCCCCC(CC)OOCC. The number of unbranched alkanes of at least 4 members (excludes halogenated alkanes) is 6. The Morgan fingerprint density at radius 3 is 2.00 bits per heavy atom. The van der Waals surface area contributed by atoms with E-state index in [1.165, 1.54) is 44.9 Å². The molecule has 0 fully saturated rings. The van der Waals surface area contributed by atoms with Crippen molar-refractivity contribution in [3.8, 4) is 0 Å². The molecular formula is C14H30O2. The third kappa shape index (κ3) is 10.4. The summed E-state index contributed by atoms with van der Waals surface area (Å²) in [4.78, 5) is 10.3. The second kappa shape index (κ2) is 13.0. The van der Waals surface area contributed by atoms with Crippen molar-refractivity contribution < 1.29 is 9.78 Å². The zero-order valence-electron chi connectivity index (χ0n) is 11.5. The lowest BCUT2D eigenvalue weighted by Gasteiger charge is -2.13. The van der Waals surface area contributed by atoms with Crippen LogP contribution in [0.2, 0.25) is 0 Å². The summed E-state index contributed by atoms with van der Waals surface area (Å²) in [6.07, 6.45) is 12.0. The lowest BCUT2D eigenvalue weighted by Crippen LogP contribution is -2.12. The van der Waals surface area contributed by atoms with E-state index in [2.05, 4.69) is 13.8 Å². The minimum absolute atomic E-state index is 0.301. The normalized spacial score (nSPS) is 12.9. The number of rotatable bonds is 12. The van der Waals surface area contributed by atoms with E-state index in [1.54, 1.807) is 0 Å². The molecular weight excluding hydrogens is 200 g/mol. The van der Waals surface area contributed by atoms with Gasteiger partial charge in [0.1, 0.15) is 0 Å². The van der Waals surface area contributed by atoms with Crippen LogP contribution in [0.3, 0.4) is 0 Å². The summed E-state index contributed by atoms with van der Waals surface area (Å²) < 4.78 is 0. The highest BCUT2D eigenvalue weighted by Crippen LogP contribution is 2.13. The Morgan fingerprint density at radius 2 is 1.44 bits per heavy atom. The average Bonchev–Trinajstić information content (AvgIpc) is 2.32. The van der Waals surface area contributed by atoms with E-state index in [-0.39, 0.29) is 0 Å². The Bertz CT molecular complexity index is 126. The summed E-state index contributed by atoms with van der Waals surface area (Å²) in [5.74, 6) is 0. The Morgan fingerprint density at radius 1 is 0.812 bits per heavy atom. The van der Waals surface area contributed by atoms with Crippen molar-refractivity contribution in [3.05, 3.63) is 0 Å². The van der Waals surface area contributed by atoms with Crippen LogP contribution in [0.1, 0.15) is 78.6 Å². The number of hydrogen-bond donors (Lipinski definition) is 0. The van der Waals surface area contributed by atoms with Gasteiger partial charge in [0.25, 0.3) is 0 Å². The van der Waals surface area contributed by atoms with Gasteiger partial charge in [0.2, 0.25) is 0 Å². The van der Waals surface area contributed by atoms with Crippen LogP contribution in [0.25, 0.3) is 0 Å². The van der Waals surface area contributed by atoms with Crippen LogP contribution in [0.4, 0.5) is 0 Å². The van der Waals surface area contributed by atoms with Crippen LogP contribution in [0, 0.1) is 0 Å². The molecule has 0 aromatic rings. The monoisotopic (exact) mass is 230 g/mol. The number of hydrogen-bond acceptors (Lipinski definition) is 2. The molecule has 2 nitrogen and oxygen atoms in total. The summed E-state index contributed by atoms with van der Waals surface area (Å²) >= 11 is 0. The maximum absolute atomic E-state index is 5.29. The van der Waals surface area contributed by atoms with Crippen molar-refractivity contribution in [2.75, 3.05) is 6.61 Å². The van der Waals surface area contributed by atoms with Crippen LogP contribution < -0.4 is 0 Å². The largest absolute Gasteiger partial charge is 0.237 e. The van der Waals surface area contributed by atoms with Crippen LogP contribution in [0.5, 0.6) is 0 Å². The minimum atomic E-state index is 0.301. The van der Waals surface area contributed by atoms with Crippen molar-refractivity contribution in [1.29, 1.82) is 0 Å². The van der Waals surface area contributed by atoms with Crippen molar-refractivity contribution >= 4 is 0 Å². The Balaban J connectivity index is 3.20. The van der Waals surface area contributed by atoms with Gasteiger partial charge >= 0.3 is 0 Å². The molecule has 0 aliphatic carbocycles. The fourth-order valence-corrected chi connectivity index (χ4v) is 1.81. The molecule has 0 saturated heterocycles. The van der Waals surface area contributed by atoms with E-state index in [1.807, 2.05) is 6.92 Å². The molecule has 0 aliphatic heterocycles. The summed E-state index contributed by atoms with van der Waals surface area (Å²) in [6, 6.07) is 0. The highest BCUT2D eigenvalue weighted by atomic mass is 17.2. The van der Waals surface area contributed by atoms with Crippen molar-refractivity contribution in [3.63, 3.8) is 0 Å². The first-order chi connectivity index (χ1) is 7.85. The lowest BCUT2D eigenvalue weighted by atomic mass is 10.1. The van der Waals surface area contributed by atoms with Gasteiger partial charge in [-0.1, -0.05) is 58.8 Å². The van der Waals surface area contributed by atoms with E-state index in [4.69, 9.17) is 9.78 Å². The van der Waals surface area contributed by atoms with Crippen LogP contribution >= 0.6 is 0 Å². The van der Waals surface area contributed by atoms with Crippen molar-refractivity contribution in [2.24, 2.45) is 0 Å². The van der Waals surface area contributed by atoms with Gasteiger partial charge in [0.05, 0.1) is 12.7 Å². The molecule has 16 heavy (non-hydrogen) atoms. The summed E-state index contributed by atoms with van der Waals surface area (Å²) in [5, 5.41) is 0. The molecule has 0 aromatic heterocycles. The summed E-state index contributed by atoms with van der Waals surface area (Å²) in [7, 11) is 0. The summed E-state index contributed by atoms with van der Waals surface area (Å²) in [6.45, 7) is 7.02. The van der Waals surface area contributed by atoms with Crippen LogP contribution in [-0.2, 0) is 9.78 Å². The zero-order valence-corrected chi connectivity index (χ0v) is 11.5. The summed E-state index contributed by atoms with van der Waals surface area (Å²) in [5.41, 5.74) is 0. The maximum atomic E-state index is 5.29. The molecule has 0 aliphatic rings. The zero-order chi connectivity index (χ0) is 12.1. The fourth-order valence-electron chi connectivity index (χ4n) is 1.81. The van der Waals surface area contributed by atoms with E-state index >= 15 is 0 Å². The molecule has 1 atom stereocenters. The van der Waals surface area contributed by atoms with Gasteiger partial charge in [0, 0.05) is 0 Å². The first-order valence-electron chi connectivity index (χ1n) is 7.13. The topological polar surface area (TPSA) is 18.5 Å². The average molecular weight is 230 g/mol. The second-order valence-electron chi connectivity index (χ2n) is 4.44. The molecule has 0 N–H and O–H groups in total. The van der Waals surface area contributed by atoms with E-state index in [0.717, 1.165) is 12.8 Å². The molecule has 1 unspecified atom stereocenters. The predicted molar refractivity (Wildman–Crippen MR) is 69.4 cm³/mol. The van der Waals surface area contributed by atoms with Gasteiger partial charge in [-0.25, -0.2) is 9.78 Å². The Labute approximate surface area is 102 Å². The molecule has 0 saturated carbocycles. The van der Waals surface area contributed by atoms with Crippen molar-refractivity contribution in [1.82, 2.24) is 0 Å². The maximum Gasteiger partial charge on any atom is 0.0927 e. The quantitative estimate of drug-likeness (QED) is 0.270. The van der Waals surface area contributed by atoms with Crippen LogP contribution in [-0.4, -0.2) is 12.7 Å². The molecule has 0 amide bonds. The van der Waals surface area contributed by atoms with Gasteiger partial charge in [-0.05, 0) is 19.8 Å². The van der Waals surface area contributed by atoms with Crippen LogP contribution in [0.15, 0.2) is 0 Å². The standard InChI is InChI=1S/C14H30O2/c1-4-7-8-9-10-11-12-13-14(5-2)16-15-6-3/h14H,4-13H2,1-3H3. The van der Waals surface area contributed by atoms with Gasteiger partial charge in [-0.2, -0.15) is 0 Å². The van der Waals surface area contributed by atoms with Gasteiger partial charge in [-0.3, -0.25) is 0 Å². The molecule has 0 bridgehead atoms. The molecule has 0 radical (unpaired) electrons. The molecule has 0 rings (SSSR count). The molecule has 98 valence electrons. The Kier molecular flexibility index (Phi) is 12.9. The molecule has 2 heteroatoms. The van der Waals surface area contributed by atoms with Crippen molar-refractivity contribution in [2.45, 2.75) is 84.7 Å². The minimum Gasteiger partial charge on any atom is -0.237 e. The first-order valence-corrected chi connectivity index (χ1v) is 7.13. The van der Waals surface area contributed by atoms with Gasteiger partial charge in [-0.15, -0.1) is 0 Å².